The minimum Gasteiger partial charge on any atom is -0.460 e. The fraction of sp³-hybridized carbons (Fsp3) is 0.625. The van der Waals surface area contributed by atoms with Crippen molar-refractivity contribution >= 4 is 17.6 Å². The van der Waals surface area contributed by atoms with Gasteiger partial charge in [0.25, 0.3) is 0 Å². The van der Waals surface area contributed by atoms with Crippen molar-refractivity contribution in [1.82, 2.24) is 15.3 Å². The quantitative estimate of drug-likeness (QED) is 0.317. The molecule has 2 aliphatic rings. The highest BCUT2D eigenvalue weighted by Gasteiger charge is 2.32. The van der Waals surface area contributed by atoms with E-state index in [0.717, 1.165) is 67.0 Å². The number of aryl methyl sites for hydroxylation is 1. The lowest BCUT2D eigenvalue weighted by molar-refractivity contribution is -0.155. The molecule has 1 atom stereocenters. The Kier molecular flexibility index (Phi) is 10.2. The minimum atomic E-state index is -0.452. The van der Waals surface area contributed by atoms with E-state index in [1.54, 1.807) is 0 Å². The van der Waals surface area contributed by atoms with Crippen LogP contribution in [-0.2, 0) is 14.3 Å². The van der Waals surface area contributed by atoms with Gasteiger partial charge in [0, 0.05) is 49.6 Å². The fourth-order valence-corrected chi connectivity index (χ4v) is 5.62. The van der Waals surface area contributed by atoms with Crippen LogP contribution in [-0.4, -0.2) is 59.4 Å². The molecule has 0 spiro atoms. The number of esters is 1. The lowest BCUT2D eigenvalue weighted by Gasteiger charge is -2.32. The predicted octanol–water partition coefficient (Wildman–Crippen LogP) is 5.62. The van der Waals surface area contributed by atoms with Gasteiger partial charge in [-0.1, -0.05) is 6.07 Å². The number of ether oxygens (including phenoxy) is 2. The molecule has 2 aromatic heterocycles. The second-order valence-electron chi connectivity index (χ2n) is 12.7. The Hall–Kier alpha value is -3.22. The number of carbonyl (C=O) groups excluding carboxylic acids is 1. The summed E-state index contributed by atoms with van der Waals surface area (Å²) in [6.07, 6.45) is 7.90. The second-order valence-corrected chi connectivity index (χ2v) is 12.7. The van der Waals surface area contributed by atoms with Crippen molar-refractivity contribution in [3.05, 3.63) is 36.0 Å². The largest absolute Gasteiger partial charge is 0.460 e. The molecular weight excluding hydrogens is 516 g/mol. The second kappa shape index (κ2) is 13.6. The summed E-state index contributed by atoms with van der Waals surface area (Å²) < 4.78 is 10.9. The standard InChI is InChI=1S/C32H46N6O3/c1-22-19-34-29(37-25-11-9-24(10-12-25)36-23(2)17-30(39)41-31(3,4)5)18-26(22)27-7-6-8-28(38-27)35-21-32(20-33)13-15-40-16-14-32/h6-8,18-19,23-25,36H,9-17,21H2,1-5H3,(H,34,37)(H,35,38)/t23-,24?,25?/m0/s1. The highest BCUT2D eigenvalue weighted by Crippen LogP contribution is 2.31. The summed E-state index contributed by atoms with van der Waals surface area (Å²) in [6, 6.07) is 11.4. The maximum Gasteiger partial charge on any atom is 0.307 e. The molecule has 3 heterocycles. The topological polar surface area (TPSA) is 121 Å². The highest BCUT2D eigenvalue weighted by molar-refractivity contribution is 5.70. The molecule has 0 aromatic carbocycles. The first-order valence-corrected chi connectivity index (χ1v) is 15.0. The Morgan fingerprint density at radius 3 is 2.56 bits per heavy atom. The van der Waals surface area contributed by atoms with Crippen molar-refractivity contribution in [3.63, 3.8) is 0 Å². The zero-order chi connectivity index (χ0) is 29.5. The number of rotatable bonds is 10. The van der Waals surface area contributed by atoms with Crippen LogP contribution in [0.2, 0.25) is 0 Å². The number of nitriles is 1. The third kappa shape index (κ3) is 9.14. The van der Waals surface area contributed by atoms with E-state index in [1.165, 1.54) is 0 Å². The molecule has 2 fully saturated rings. The van der Waals surface area contributed by atoms with Crippen molar-refractivity contribution in [2.45, 2.75) is 103 Å². The average Bonchev–Trinajstić information content (AvgIpc) is 2.93. The van der Waals surface area contributed by atoms with Gasteiger partial charge in [-0.25, -0.2) is 9.97 Å². The van der Waals surface area contributed by atoms with Crippen LogP contribution in [0.5, 0.6) is 0 Å². The van der Waals surface area contributed by atoms with Gasteiger partial charge >= 0.3 is 5.97 Å². The number of pyridine rings is 2. The Morgan fingerprint density at radius 1 is 1.17 bits per heavy atom. The number of anilines is 2. The van der Waals surface area contributed by atoms with E-state index in [-0.39, 0.29) is 12.0 Å². The Morgan fingerprint density at radius 2 is 1.88 bits per heavy atom. The number of aromatic nitrogens is 2. The molecule has 0 radical (unpaired) electrons. The number of hydrogen-bond acceptors (Lipinski definition) is 9. The van der Waals surface area contributed by atoms with Gasteiger partial charge in [-0.05, 0) is 96.9 Å². The molecule has 1 aliphatic carbocycles. The van der Waals surface area contributed by atoms with Crippen LogP contribution in [0.3, 0.4) is 0 Å². The van der Waals surface area contributed by atoms with Crippen LogP contribution in [0.1, 0.15) is 78.2 Å². The van der Waals surface area contributed by atoms with Crippen LogP contribution in [0.15, 0.2) is 30.5 Å². The molecule has 1 aliphatic heterocycles. The molecule has 41 heavy (non-hydrogen) atoms. The zero-order valence-electron chi connectivity index (χ0n) is 25.3. The van der Waals surface area contributed by atoms with Crippen LogP contribution in [0.4, 0.5) is 11.6 Å². The molecule has 1 saturated carbocycles. The third-order valence-electron chi connectivity index (χ3n) is 7.92. The van der Waals surface area contributed by atoms with Gasteiger partial charge in [-0.2, -0.15) is 5.26 Å². The van der Waals surface area contributed by atoms with E-state index in [0.29, 0.717) is 38.3 Å². The van der Waals surface area contributed by atoms with Gasteiger partial charge < -0.3 is 25.4 Å². The minimum absolute atomic E-state index is 0.0838. The molecule has 9 heteroatoms. The van der Waals surface area contributed by atoms with E-state index in [9.17, 15) is 10.1 Å². The lowest BCUT2D eigenvalue weighted by Crippen LogP contribution is -2.42. The number of nitrogens with zero attached hydrogens (tertiary/aromatic N) is 3. The number of hydrogen-bond donors (Lipinski definition) is 3. The summed E-state index contributed by atoms with van der Waals surface area (Å²) in [5.41, 5.74) is 2.11. The lowest BCUT2D eigenvalue weighted by atomic mass is 9.82. The van der Waals surface area contributed by atoms with Crippen LogP contribution in [0, 0.1) is 23.7 Å². The summed E-state index contributed by atoms with van der Waals surface area (Å²) in [5.74, 6) is 1.46. The Balaban J connectivity index is 1.30. The molecule has 2 aromatic rings. The van der Waals surface area contributed by atoms with E-state index < -0.39 is 11.0 Å². The average molecular weight is 563 g/mol. The smallest absolute Gasteiger partial charge is 0.307 e. The van der Waals surface area contributed by atoms with Crippen molar-refractivity contribution in [3.8, 4) is 17.3 Å². The molecule has 0 amide bonds. The molecule has 9 nitrogen and oxygen atoms in total. The molecule has 222 valence electrons. The molecule has 3 N–H and O–H groups in total. The third-order valence-corrected chi connectivity index (χ3v) is 7.92. The summed E-state index contributed by atoms with van der Waals surface area (Å²) in [4.78, 5) is 21.7. The summed E-state index contributed by atoms with van der Waals surface area (Å²) >= 11 is 0. The number of nitrogens with one attached hydrogen (secondary N) is 3. The Labute approximate surface area is 244 Å². The van der Waals surface area contributed by atoms with Gasteiger partial charge in [0.15, 0.2) is 0 Å². The zero-order valence-corrected chi connectivity index (χ0v) is 25.3. The van der Waals surface area contributed by atoms with Crippen molar-refractivity contribution in [2.75, 3.05) is 30.4 Å². The first-order chi connectivity index (χ1) is 19.5. The molecule has 1 saturated heterocycles. The summed E-state index contributed by atoms with van der Waals surface area (Å²) in [6.45, 7) is 11.6. The highest BCUT2D eigenvalue weighted by atomic mass is 16.6. The van der Waals surface area contributed by atoms with E-state index in [4.69, 9.17) is 14.5 Å². The van der Waals surface area contributed by atoms with Gasteiger partial charge in [-0.3, -0.25) is 4.79 Å². The van der Waals surface area contributed by atoms with Gasteiger partial charge in [-0.15, -0.1) is 0 Å². The normalized spacial score (nSPS) is 21.4. The van der Waals surface area contributed by atoms with E-state index >= 15 is 0 Å². The van der Waals surface area contributed by atoms with Gasteiger partial charge in [0.1, 0.15) is 17.2 Å². The molecule has 0 unspecified atom stereocenters. The van der Waals surface area contributed by atoms with Crippen LogP contribution in [0.25, 0.3) is 11.3 Å². The predicted molar refractivity (Wildman–Crippen MR) is 162 cm³/mol. The maximum atomic E-state index is 12.2. The van der Waals surface area contributed by atoms with E-state index in [2.05, 4.69) is 46.9 Å². The summed E-state index contributed by atoms with van der Waals surface area (Å²) in [7, 11) is 0. The molecular formula is C32H46N6O3. The van der Waals surface area contributed by atoms with Crippen LogP contribution < -0.4 is 16.0 Å². The van der Waals surface area contributed by atoms with Crippen molar-refractivity contribution in [1.29, 1.82) is 5.26 Å². The SMILES string of the molecule is Cc1cnc(NC2CCC(N[C@@H](C)CC(=O)OC(C)(C)C)CC2)cc1-c1cccc(NCC2(C#N)CCOCC2)n1. The number of carbonyl (C=O) groups is 1. The first-order valence-electron chi connectivity index (χ1n) is 15.0. The van der Waals surface area contributed by atoms with Crippen molar-refractivity contribution < 1.29 is 14.3 Å². The summed E-state index contributed by atoms with van der Waals surface area (Å²) in [5, 5.41) is 20.4. The Bertz CT molecular complexity index is 1210. The van der Waals surface area contributed by atoms with Gasteiger partial charge in [0.2, 0.25) is 0 Å². The monoisotopic (exact) mass is 562 g/mol. The fourth-order valence-electron chi connectivity index (χ4n) is 5.62. The maximum absolute atomic E-state index is 12.2. The van der Waals surface area contributed by atoms with Crippen molar-refractivity contribution in [2.24, 2.45) is 5.41 Å². The molecule has 0 bridgehead atoms. The van der Waals surface area contributed by atoms with Gasteiger partial charge in [0.05, 0.1) is 23.6 Å². The molecule has 4 rings (SSSR count). The van der Waals surface area contributed by atoms with Crippen LogP contribution >= 0.6 is 0 Å². The van der Waals surface area contributed by atoms with E-state index in [1.807, 2.05) is 45.2 Å². The first kappa shape index (κ1) is 30.7.